The first-order valence-electron chi connectivity index (χ1n) is 14.3. The van der Waals surface area contributed by atoms with Gasteiger partial charge in [0.2, 0.25) is 0 Å². The van der Waals surface area contributed by atoms with Crippen LogP contribution in [0.3, 0.4) is 0 Å². The lowest BCUT2D eigenvalue weighted by Gasteiger charge is -2.29. The smallest absolute Gasteiger partial charge is 0.326 e. The number of hydrogen-bond donors (Lipinski definition) is 3. The van der Waals surface area contributed by atoms with Gasteiger partial charge in [-0.2, -0.15) is 0 Å². The van der Waals surface area contributed by atoms with Crippen LogP contribution in [-0.4, -0.2) is 52.2 Å². The van der Waals surface area contributed by atoms with Crippen LogP contribution in [0.5, 0.6) is 0 Å². The molecule has 2 amide bonds. The van der Waals surface area contributed by atoms with Crippen LogP contribution in [0.25, 0.3) is 21.9 Å². The zero-order chi connectivity index (χ0) is 30.1. The van der Waals surface area contributed by atoms with Gasteiger partial charge >= 0.3 is 18.0 Å². The number of hydrogen-bond acceptors (Lipinski definition) is 3. The summed E-state index contributed by atoms with van der Waals surface area (Å²) in [5.41, 5.74) is 3.88. The lowest BCUT2D eigenvalue weighted by molar-refractivity contribution is -0.142. The molecule has 0 aromatic heterocycles. The zero-order valence-electron chi connectivity index (χ0n) is 24.1. The number of nitrogens with one attached hydrogen (secondary N) is 1. The Balaban J connectivity index is 1.43. The molecule has 7 nitrogen and oxygen atoms in total. The Morgan fingerprint density at radius 1 is 0.714 bits per heavy atom. The van der Waals surface area contributed by atoms with Crippen molar-refractivity contribution < 1.29 is 24.6 Å². The second-order valence-electron chi connectivity index (χ2n) is 11.2. The molecule has 3 N–H and O–H groups in total. The van der Waals surface area contributed by atoms with Crippen LogP contribution in [-0.2, 0) is 22.4 Å². The lowest BCUT2D eigenvalue weighted by Crippen LogP contribution is -2.51. The Morgan fingerprint density at radius 3 is 2.00 bits per heavy atom. The van der Waals surface area contributed by atoms with Gasteiger partial charge in [0.1, 0.15) is 6.04 Å². The average Bonchev–Trinajstić information content (AvgIpc) is 2.98. The summed E-state index contributed by atoms with van der Waals surface area (Å²) in [6, 6.07) is 30.0. The Hall–Kier alpha value is -4.65. The van der Waals surface area contributed by atoms with Gasteiger partial charge in [0.15, 0.2) is 0 Å². The molecule has 0 aliphatic rings. The molecule has 0 spiro atoms. The van der Waals surface area contributed by atoms with Gasteiger partial charge in [-0.25, -0.2) is 9.59 Å². The molecule has 0 unspecified atom stereocenters. The van der Waals surface area contributed by atoms with E-state index in [2.05, 4.69) is 35.6 Å². The number of amides is 2. The normalized spacial score (nSPS) is 12.5. The Kier molecular flexibility index (Phi) is 10.3. The maximum absolute atomic E-state index is 13.3. The second-order valence-corrected chi connectivity index (χ2v) is 11.2. The largest absolute Gasteiger partial charge is 0.481 e. The van der Waals surface area contributed by atoms with Gasteiger partial charge in [0, 0.05) is 19.5 Å². The highest BCUT2D eigenvalue weighted by Gasteiger charge is 2.28. The Labute approximate surface area is 246 Å². The minimum absolute atomic E-state index is 0.00102. The van der Waals surface area contributed by atoms with E-state index < -0.39 is 29.9 Å². The van der Waals surface area contributed by atoms with E-state index in [1.54, 1.807) is 0 Å². The standard InChI is InChI=1S/C35H38N2O5/c1-24(2)22-37(23-31(33(38)39)17-12-25-8-4-3-5-9-25)35(42)36-32(34(40)41)20-26-13-15-28(16-14-26)30-19-18-27-10-6-7-11-29(27)21-30/h3-11,13-16,18-19,21,24,31-32H,12,17,20,22-23H2,1-2H3,(H,36,42)(H,38,39)(H,40,41)/t31-,32-/m0/s1. The lowest BCUT2D eigenvalue weighted by atomic mass is 9.98. The summed E-state index contributed by atoms with van der Waals surface area (Å²) in [5, 5.41) is 24.8. The molecule has 0 radical (unpaired) electrons. The van der Waals surface area contributed by atoms with Crippen LogP contribution >= 0.6 is 0 Å². The number of nitrogens with zero attached hydrogens (tertiary/aromatic N) is 1. The number of carboxylic acid groups (broad SMARTS) is 2. The van der Waals surface area contributed by atoms with Crippen molar-refractivity contribution in [3.8, 4) is 11.1 Å². The second kappa shape index (κ2) is 14.3. The number of aliphatic carboxylic acids is 2. The number of carboxylic acids is 2. The molecule has 7 heteroatoms. The number of benzene rings is 4. The van der Waals surface area contributed by atoms with Crippen LogP contribution in [0.15, 0.2) is 97.1 Å². The van der Waals surface area contributed by atoms with Gasteiger partial charge in [-0.3, -0.25) is 4.79 Å². The molecule has 2 atom stereocenters. The number of rotatable bonds is 13. The van der Waals surface area contributed by atoms with Crippen molar-refractivity contribution in [2.75, 3.05) is 13.1 Å². The van der Waals surface area contributed by atoms with Crippen LogP contribution in [0.1, 0.15) is 31.4 Å². The number of urea groups is 1. The van der Waals surface area contributed by atoms with Crippen LogP contribution in [0.4, 0.5) is 4.79 Å². The average molecular weight is 567 g/mol. The third-order valence-corrected chi connectivity index (χ3v) is 7.36. The van der Waals surface area contributed by atoms with Crippen molar-refractivity contribution >= 4 is 28.7 Å². The fourth-order valence-electron chi connectivity index (χ4n) is 5.10. The van der Waals surface area contributed by atoms with E-state index in [0.717, 1.165) is 33.0 Å². The molecular formula is C35H38N2O5. The molecule has 218 valence electrons. The SMILES string of the molecule is CC(C)CN(C[C@H](CCc1ccccc1)C(=O)O)C(=O)N[C@@H](Cc1ccc(-c2ccc3ccccc3c2)cc1)C(=O)O. The van der Waals surface area contributed by atoms with E-state index in [9.17, 15) is 24.6 Å². The molecule has 4 aromatic carbocycles. The third-order valence-electron chi connectivity index (χ3n) is 7.36. The van der Waals surface area contributed by atoms with Gasteiger partial charge in [0.05, 0.1) is 5.92 Å². The zero-order valence-corrected chi connectivity index (χ0v) is 24.1. The molecule has 4 aromatic rings. The monoisotopic (exact) mass is 566 g/mol. The van der Waals surface area contributed by atoms with E-state index in [1.807, 2.05) is 80.6 Å². The fourth-order valence-corrected chi connectivity index (χ4v) is 5.10. The maximum atomic E-state index is 13.3. The maximum Gasteiger partial charge on any atom is 0.326 e. The van der Waals surface area contributed by atoms with Crippen molar-refractivity contribution in [2.24, 2.45) is 11.8 Å². The molecular weight excluding hydrogens is 528 g/mol. The molecule has 42 heavy (non-hydrogen) atoms. The fraction of sp³-hybridized carbons (Fsp3) is 0.286. The molecule has 0 aliphatic carbocycles. The molecule has 4 rings (SSSR count). The van der Waals surface area contributed by atoms with E-state index >= 15 is 0 Å². The highest BCUT2D eigenvalue weighted by Crippen LogP contribution is 2.25. The van der Waals surface area contributed by atoms with Crippen LogP contribution < -0.4 is 5.32 Å². The van der Waals surface area contributed by atoms with Crippen LogP contribution in [0.2, 0.25) is 0 Å². The molecule has 0 saturated carbocycles. The van der Waals surface area contributed by atoms with Crippen molar-refractivity contribution in [1.29, 1.82) is 0 Å². The summed E-state index contributed by atoms with van der Waals surface area (Å²) in [5.74, 6) is -2.83. The topological polar surface area (TPSA) is 107 Å². The van der Waals surface area contributed by atoms with Gasteiger partial charge in [-0.1, -0.05) is 105 Å². The summed E-state index contributed by atoms with van der Waals surface area (Å²) < 4.78 is 0. The molecule has 0 heterocycles. The number of carbonyl (C=O) groups is 3. The van der Waals surface area contributed by atoms with E-state index in [0.29, 0.717) is 19.4 Å². The first-order valence-corrected chi connectivity index (χ1v) is 14.3. The highest BCUT2D eigenvalue weighted by atomic mass is 16.4. The van der Waals surface area contributed by atoms with Gasteiger partial charge in [-0.15, -0.1) is 0 Å². The number of carbonyl (C=O) groups excluding carboxylic acids is 1. The van der Waals surface area contributed by atoms with Gasteiger partial charge in [0.25, 0.3) is 0 Å². The quantitative estimate of drug-likeness (QED) is 0.171. The van der Waals surface area contributed by atoms with Crippen molar-refractivity contribution in [3.63, 3.8) is 0 Å². The summed E-state index contributed by atoms with van der Waals surface area (Å²) in [4.78, 5) is 39.0. The Bertz CT molecular complexity index is 1500. The van der Waals surface area contributed by atoms with Gasteiger partial charge in [-0.05, 0) is 57.9 Å². The third kappa shape index (κ3) is 8.43. The molecule has 0 saturated heterocycles. The van der Waals surface area contributed by atoms with Crippen molar-refractivity contribution in [2.45, 2.75) is 39.2 Å². The van der Waals surface area contributed by atoms with E-state index in [-0.39, 0.29) is 18.9 Å². The molecule has 0 aliphatic heterocycles. The number of aryl methyl sites for hydroxylation is 1. The van der Waals surface area contributed by atoms with E-state index in [1.165, 1.54) is 4.90 Å². The first-order chi connectivity index (χ1) is 20.2. The predicted octanol–water partition coefficient (Wildman–Crippen LogP) is 6.50. The summed E-state index contributed by atoms with van der Waals surface area (Å²) in [6.45, 7) is 4.18. The number of fused-ring (bicyclic) bond motifs is 1. The van der Waals surface area contributed by atoms with Crippen molar-refractivity contribution in [1.82, 2.24) is 10.2 Å². The highest BCUT2D eigenvalue weighted by molar-refractivity contribution is 5.87. The first kappa shape index (κ1) is 30.3. The Morgan fingerprint density at radius 2 is 1.36 bits per heavy atom. The summed E-state index contributed by atoms with van der Waals surface area (Å²) >= 11 is 0. The van der Waals surface area contributed by atoms with Crippen molar-refractivity contribution in [3.05, 3.63) is 108 Å². The van der Waals surface area contributed by atoms with Gasteiger partial charge < -0.3 is 20.4 Å². The summed E-state index contributed by atoms with van der Waals surface area (Å²) in [7, 11) is 0. The predicted molar refractivity (Wildman–Crippen MR) is 165 cm³/mol. The molecule has 0 fully saturated rings. The minimum Gasteiger partial charge on any atom is -0.481 e. The molecule has 0 bridgehead atoms. The minimum atomic E-state index is -1.16. The van der Waals surface area contributed by atoms with E-state index in [4.69, 9.17) is 0 Å². The summed E-state index contributed by atoms with van der Waals surface area (Å²) in [6.07, 6.45) is 1.04. The van der Waals surface area contributed by atoms with Crippen LogP contribution in [0, 0.1) is 11.8 Å².